The zero-order valence-electron chi connectivity index (χ0n) is 12.4. The molecule has 4 heteroatoms. The van der Waals surface area contributed by atoms with Gasteiger partial charge in [-0.05, 0) is 43.9 Å². The molecule has 1 aromatic rings. The monoisotopic (exact) mass is 278 g/mol. The predicted octanol–water partition coefficient (Wildman–Crippen LogP) is 2.93. The number of furan rings is 1. The van der Waals surface area contributed by atoms with Crippen LogP contribution in [-0.2, 0) is 11.3 Å². The summed E-state index contributed by atoms with van der Waals surface area (Å²) >= 11 is 0. The highest BCUT2D eigenvalue weighted by atomic mass is 16.3. The van der Waals surface area contributed by atoms with Crippen molar-refractivity contribution in [2.24, 2.45) is 11.7 Å². The van der Waals surface area contributed by atoms with Crippen molar-refractivity contribution in [1.82, 2.24) is 4.90 Å². The zero-order valence-corrected chi connectivity index (χ0v) is 12.4. The molecule has 112 valence electrons. The summed E-state index contributed by atoms with van der Waals surface area (Å²) in [5.74, 6) is 1.53. The van der Waals surface area contributed by atoms with Crippen molar-refractivity contribution in [3.8, 4) is 0 Å². The molecule has 1 aliphatic rings. The van der Waals surface area contributed by atoms with Gasteiger partial charge in [0.15, 0.2) is 0 Å². The van der Waals surface area contributed by atoms with Gasteiger partial charge in [-0.2, -0.15) is 0 Å². The Bertz CT molecular complexity index is 397. The molecular weight excluding hydrogens is 252 g/mol. The van der Waals surface area contributed by atoms with Crippen LogP contribution in [0, 0.1) is 5.92 Å². The summed E-state index contributed by atoms with van der Waals surface area (Å²) in [6, 6.07) is 4.21. The molecule has 2 N–H and O–H groups in total. The number of hydrogen-bond acceptors (Lipinski definition) is 3. The van der Waals surface area contributed by atoms with E-state index in [9.17, 15) is 4.79 Å². The number of hydrogen-bond donors (Lipinski definition) is 1. The molecule has 1 aliphatic carbocycles. The van der Waals surface area contributed by atoms with E-state index in [1.165, 1.54) is 12.8 Å². The maximum absolute atomic E-state index is 12.5. The second-order valence-electron chi connectivity index (χ2n) is 5.92. The summed E-state index contributed by atoms with van der Waals surface area (Å²) < 4.78 is 5.41. The first-order chi connectivity index (χ1) is 9.70. The Labute approximate surface area is 121 Å². The van der Waals surface area contributed by atoms with Crippen LogP contribution in [0.15, 0.2) is 22.8 Å². The fourth-order valence-electron chi connectivity index (χ4n) is 2.84. The van der Waals surface area contributed by atoms with Gasteiger partial charge in [0, 0.05) is 12.5 Å². The Hall–Kier alpha value is -1.29. The number of amides is 1. The molecule has 1 saturated carbocycles. The van der Waals surface area contributed by atoms with Crippen LogP contribution >= 0.6 is 0 Å². The summed E-state index contributed by atoms with van der Waals surface area (Å²) in [6.45, 7) is 3.35. The van der Waals surface area contributed by atoms with Crippen molar-refractivity contribution in [3.63, 3.8) is 0 Å². The molecule has 2 rings (SSSR count). The normalized spacial score (nSPS) is 17.3. The number of nitrogens with two attached hydrogens (primary N) is 1. The van der Waals surface area contributed by atoms with Crippen LogP contribution in [0.1, 0.15) is 51.2 Å². The fraction of sp³-hybridized carbons (Fsp3) is 0.688. The molecule has 1 unspecified atom stereocenters. The highest BCUT2D eigenvalue weighted by Gasteiger charge is 2.27. The van der Waals surface area contributed by atoms with Gasteiger partial charge in [0.05, 0.1) is 12.8 Å². The predicted molar refractivity (Wildman–Crippen MR) is 79.0 cm³/mol. The minimum absolute atomic E-state index is 0.244. The maximum atomic E-state index is 12.5. The third kappa shape index (κ3) is 4.10. The molecule has 1 fully saturated rings. The molecule has 0 spiro atoms. The van der Waals surface area contributed by atoms with Gasteiger partial charge in [-0.1, -0.05) is 19.8 Å². The van der Waals surface area contributed by atoms with E-state index in [-0.39, 0.29) is 5.91 Å². The van der Waals surface area contributed by atoms with E-state index in [0.717, 1.165) is 25.0 Å². The second kappa shape index (κ2) is 7.48. The lowest BCUT2D eigenvalue weighted by atomic mass is 10.0. The quantitative estimate of drug-likeness (QED) is 0.834. The average Bonchev–Trinajstić information content (AvgIpc) is 3.14. The number of rotatable bonds is 7. The van der Waals surface area contributed by atoms with Gasteiger partial charge in [-0.3, -0.25) is 4.79 Å². The minimum Gasteiger partial charge on any atom is -0.467 e. The van der Waals surface area contributed by atoms with Crippen molar-refractivity contribution in [3.05, 3.63) is 24.2 Å². The number of carbonyl (C=O) groups excluding carboxylic acids is 1. The molecule has 0 bridgehead atoms. The van der Waals surface area contributed by atoms with Gasteiger partial charge in [0.2, 0.25) is 5.91 Å². The molecule has 0 aliphatic heterocycles. The van der Waals surface area contributed by atoms with Gasteiger partial charge in [-0.15, -0.1) is 0 Å². The fourth-order valence-corrected chi connectivity index (χ4v) is 2.84. The Morgan fingerprint density at radius 2 is 2.25 bits per heavy atom. The first kappa shape index (κ1) is 15.1. The Morgan fingerprint density at radius 1 is 1.50 bits per heavy atom. The first-order valence-electron chi connectivity index (χ1n) is 7.72. The van der Waals surface area contributed by atoms with E-state index in [2.05, 4.69) is 6.92 Å². The van der Waals surface area contributed by atoms with Gasteiger partial charge >= 0.3 is 0 Å². The maximum Gasteiger partial charge on any atom is 0.223 e. The lowest BCUT2D eigenvalue weighted by molar-refractivity contribution is -0.134. The largest absolute Gasteiger partial charge is 0.467 e. The summed E-state index contributed by atoms with van der Waals surface area (Å²) in [7, 11) is 0. The van der Waals surface area contributed by atoms with Crippen LogP contribution in [0.4, 0.5) is 0 Å². The highest BCUT2D eigenvalue weighted by molar-refractivity contribution is 5.76. The van der Waals surface area contributed by atoms with Gasteiger partial charge in [0.1, 0.15) is 5.76 Å². The molecule has 0 aromatic carbocycles. The van der Waals surface area contributed by atoms with Crippen molar-refractivity contribution in [1.29, 1.82) is 0 Å². The summed E-state index contributed by atoms with van der Waals surface area (Å²) in [5.41, 5.74) is 5.63. The molecule has 1 heterocycles. The summed E-state index contributed by atoms with van der Waals surface area (Å²) in [4.78, 5) is 14.5. The lowest BCUT2D eigenvalue weighted by Gasteiger charge is -2.28. The van der Waals surface area contributed by atoms with Crippen LogP contribution in [-0.4, -0.2) is 23.4 Å². The Balaban J connectivity index is 1.95. The number of nitrogens with zero attached hydrogens (tertiary/aromatic N) is 1. The third-order valence-corrected chi connectivity index (χ3v) is 4.25. The van der Waals surface area contributed by atoms with Gasteiger partial charge in [0.25, 0.3) is 0 Å². The second-order valence-corrected chi connectivity index (χ2v) is 5.92. The SMILES string of the molecule is CC(CN)CCC(=O)N(Cc1ccco1)C1CCCC1. The molecule has 1 aromatic heterocycles. The van der Waals surface area contributed by atoms with Crippen molar-refractivity contribution < 1.29 is 9.21 Å². The van der Waals surface area contributed by atoms with E-state index in [4.69, 9.17) is 10.2 Å². The minimum atomic E-state index is 0.244. The third-order valence-electron chi connectivity index (χ3n) is 4.25. The van der Waals surface area contributed by atoms with Crippen LogP contribution in [0.25, 0.3) is 0 Å². The van der Waals surface area contributed by atoms with E-state index in [1.54, 1.807) is 6.26 Å². The van der Waals surface area contributed by atoms with Gasteiger partial charge in [-0.25, -0.2) is 0 Å². The highest BCUT2D eigenvalue weighted by Crippen LogP contribution is 2.26. The molecule has 20 heavy (non-hydrogen) atoms. The van der Waals surface area contributed by atoms with E-state index in [0.29, 0.717) is 31.5 Å². The topological polar surface area (TPSA) is 59.5 Å². The van der Waals surface area contributed by atoms with Crippen molar-refractivity contribution in [2.75, 3.05) is 6.54 Å². The first-order valence-corrected chi connectivity index (χ1v) is 7.72. The molecule has 1 amide bonds. The molecule has 0 radical (unpaired) electrons. The van der Waals surface area contributed by atoms with E-state index in [1.807, 2.05) is 17.0 Å². The van der Waals surface area contributed by atoms with Crippen molar-refractivity contribution in [2.45, 2.75) is 58.0 Å². The van der Waals surface area contributed by atoms with Crippen LogP contribution in [0.5, 0.6) is 0 Å². The van der Waals surface area contributed by atoms with E-state index >= 15 is 0 Å². The lowest BCUT2D eigenvalue weighted by Crippen LogP contribution is -2.38. The van der Waals surface area contributed by atoms with Crippen LogP contribution in [0.2, 0.25) is 0 Å². The summed E-state index contributed by atoms with van der Waals surface area (Å²) in [6.07, 6.45) is 7.84. The zero-order chi connectivity index (χ0) is 14.4. The van der Waals surface area contributed by atoms with E-state index < -0.39 is 0 Å². The standard InChI is InChI=1S/C16H26N2O2/c1-13(11-17)8-9-16(19)18(14-5-2-3-6-14)12-15-7-4-10-20-15/h4,7,10,13-14H,2-3,5-6,8-9,11-12,17H2,1H3. The Morgan fingerprint density at radius 3 is 2.85 bits per heavy atom. The Kier molecular flexibility index (Phi) is 5.65. The van der Waals surface area contributed by atoms with Crippen LogP contribution < -0.4 is 5.73 Å². The average molecular weight is 278 g/mol. The smallest absolute Gasteiger partial charge is 0.223 e. The number of carbonyl (C=O) groups is 1. The molecule has 1 atom stereocenters. The molecule has 0 saturated heterocycles. The molecule has 4 nitrogen and oxygen atoms in total. The molecular formula is C16H26N2O2. The van der Waals surface area contributed by atoms with Crippen molar-refractivity contribution >= 4 is 5.91 Å². The van der Waals surface area contributed by atoms with Gasteiger partial charge < -0.3 is 15.1 Å². The van der Waals surface area contributed by atoms with Crippen LogP contribution in [0.3, 0.4) is 0 Å². The summed E-state index contributed by atoms with van der Waals surface area (Å²) in [5, 5.41) is 0.